The minimum atomic E-state index is -0.421. The van der Waals surface area contributed by atoms with Crippen molar-refractivity contribution < 1.29 is 9.53 Å². The van der Waals surface area contributed by atoms with E-state index in [1.165, 1.54) is 0 Å². The number of imidazole rings is 1. The standard InChI is InChI=1S/C14H17N3O2/c1-11-4-2-5-12(8-11)17-14(18)19-7-3-6-13-9-15-10-16-13/h2,4-5,8-10H,3,6-7H2,1H3,(H,15,16)(H,17,18). The van der Waals surface area contributed by atoms with Gasteiger partial charge < -0.3 is 9.72 Å². The maximum atomic E-state index is 11.5. The van der Waals surface area contributed by atoms with Crippen molar-refractivity contribution in [2.45, 2.75) is 19.8 Å². The molecule has 0 saturated carbocycles. The molecule has 100 valence electrons. The summed E-state index contributed by atoms with van der Waals surface area (Å²) < 4.78 is 5.10. The maximum absolute atomic E-state index is 11.5. The number of hydrogen-bond donors (Lipinski definition) is 2. The Labute approximate surface area is 112 Å². The van der Waals surface area contributed by atoms with Crippen LogP contribution in [-0.4, -0.2) is 22.7 Å². The van der Waals surface area contributed by atoms with Crippen molar-refractivity contribution in [3.05, 3.63) is 48.0 Å². The first kappa shape index (κ1) is 13.1. The zero-order valence-electron chi connectivity index (χ0n) is 10.8. The van der Waals surface area contributed by atoms with Gasteiger partial charge in [-0.1, -0.05) is 12.1 Å². The van der Waals surface area contributed by atoms with Gasteiger partial charge in [-0.25, -0.2) is 9.78 Å². The molecule has 0 spiro atoms. The topological polar surface area (TPSA) is 67.0 Å². The molecule has 0 aliphatic carbocycles. The summed E-state index contributed by atoms with van der Waals surface area (Å²) in [6.07, 6.45) is 4.57. The molecule has 2 aromatic rings. The van der Waals surface area contributed by atoms with Gasteiger partial charge in [-0.05, 0) is 37.5 Å². The van der Waals surface area contributed by atoms with Gasteiger partial charge in [0.2, 0.25) is 0 Å². The highest BCUT2D eigenvalue weighted by molar-refractivity contribution is 5.84. The predicted octanol–water partition coefficient (Wildman–Crippen LogP) is 2.90. The first-order valence-electron chi connectivity index (χ1n) is 6.22. The lowest BCUT2D eigenvalue weighted by molar-refractivity contribution is 0.160. The molecule has 1 heterocycles. The number of hydrogen-bond acceptors (Lipinski definition) is 3. The summed E-state index contributed by atoms with van der Waals surface area (Å²) in [5.74, 6) is 0. The summed E-state index contributed by atoms with van der Waals surface area (Å²) in [6, 6.07) is 7.59. The summed E-state index contributed by atoms with van der Waals surface area (Å²) in [4.78, 5) is 18.5. The van der Waals surface area contributed by atoms with Crippen LogP contribution in [-0.2, 0) is 11.2 Å². The highest BCUT2D eigenvalue weighted by Crippen LogP contribution is 2.09. The van der Waals surface area contributed by atoms with Crippen LogP contribution >= 0.6 is 0 Å². The van der Waals surface area contributed by atoms with Gasteiger partial charge in [0.05, 0.1) is 12.9 Å². The van der Waals surface area contributed by atoms with Crippen LogP contribution in [0.2, 0.25) is 0 Å². The predicted molar refractivity (Wildman–Crippen MR) is 73.1 cm³/mol. The average Bonchev–Trinajstić information content (AvgIpc) is 2.88. The Hall–Kier alpha value is -2.30. The Morgan fingerprint density at radius 2 is 2.37 bits per heavy atom. The molecule has 0 saturated heterocycles. The highest BCUT2D eigenvalue weighted by atomic mass is 16.5. The Kier molecular flexibility index (Phi) is 4.55. The first-order valence-corrected chi connectivity index (χ1v) is 6.22. The van der Waals surface area contributed by atoms with Crippen molar-refractivity contribution >= 4 is 11.8 Å². The molecule has 0 unspecified atom stereocenters. The van der Waals surface area contributed by atoms with Crippen molar-refractivity contribution in [1.82, 2.24) is 9.97 Å². The number of aromatic nitrogens is 2. The van der Waals surface area contributed by atoms with Crippen LogP contribution in [0.1, 0.15) is 17.7 Å². The molecular formula is C14H17N3O2. The number of carbonyl (C=O) groups excluding carboxylic acids is 1. The van der Waals surface area contributed by atoms with E-state index in [0.29, 0.717) is 6.61 Å². The number of nitrogens with one attached hydrogen (secondary N) is 2. The molecule has 1 amide bonds. The van der Waals surface area contributed by atoms with Crippen LogP contribution in [0.3, 0.4) is 0 Å². The number of aryl methyl sites for hydroxylation is 2. The molecule has 19 heavy (non-hydrogen) atoms. The largest absolute Gasteiger partial charge is 0.449 e. The average molecular weight is 259 g/mol. The van der Waals surface area contributed by atoms with Crippen LogP contribution in [0, 0.1) is 6.92 Å². The molecule has 0 aliphatic rings. The van der Waals surface area contributed by atoms with Crippen molar-refractivity contribution in [2.24, 2.45) is 0 Å². The second kappa shape index (κ2) is 6.58. The lowest BCUT2D eigenvalue weighted by Crippen LogP contribution is -2.14. The number of H-pyrrole nitrogens is 1. The van der Waals surface area contributed by atoms with Crippen LogP contribution in [0.4, 0.5) is 10.5 Å². The van der Waals surface area contributed by atoms with E-state index >= 15 is 0 Å². The molecule has 5 heteroatoms. The Balaban J connectivity index is 1.67. The molecule has 0 fully saturated rings. The van der Waals surface area contributed by atoms with Gasteiger partial charge in [0.25, 0.3) is 0 Å². The molecule has 0 atom stereocenters. The second-order valence-electron chi connectivity index (χ2n) is 4.31. The van der Waals surface area contributed by atoms with Crippen molar-refractivity contribution in [3.8, 4) is 0 Å². The van der Waals surface area contributed by atoms with Gasteiger partial charge in [-0.15, -0.1) is 0 Å². The van der Waals surface area contributed by atoms with E-state index in [0.717, 1.165) is 29.8 Å². The van der Waals surface area contributed by atoms with Crippen molar-refractivity contribution in [1.29, 1.82) is 0 Å². The van der Waals surface area contributed by atoms with E-state index in [2.05, 4.69) is 15.3 Å². The quantitative estimate of drug-likeness (QED) is 0.811. The zero-order chi connectivity index (χ0) is 13.5. The fourth-order valence-electron chi connectivity index (χ4n) is 1.73. The number of benzene rings is 1. The molecule has 2 N–H and O–H groups in total. The normalized spacial score (nSPS) is 10.2. The summed E-state index contributed by atoms with van der Waals surface area (Å²) in [7, 11) is 0. The minimum Gasteiger partial charge on any atom is -0.449 e. The second-order valence-corrected chi connectivity index (χ2v) is 4.31. The van der Waals surface area contributed by atoms with E-state index in [1.54, 1.807) is 12.5 Å². The monoisotopic (exact) mass is 259 g/mol. The number of amides is 1. The molecule has 2 rings (SSSR count). The Bertz CT molecular complexity index is 523. The summed E-state index contributed by atoms with van der Waals surface area (Å²) in [5.41, 5.74) is 2.89. The SMILES string of the molecule is Cc1cccc(NC(=O)OCCCc2cnc[nH]2)c1. The number of carbonyl (C=O) groups is 1. The van der Waals surface area contributed by atoms with Gasteiger partial charge in [0.1, 0.15) is 0 Å². The number of anilines is 1. The molecule has 0 aliphatic heterocycles. The zero-order valence-corrected chi connectivity index (χ0v) is 10.8. The molecular weight excluding hydrogens is 242 g/mol. The van der Waals surface area contributed by atoms with Crippen molar-refractivity contribution in [3.63, 3.8) is 0 Å². The third kappa shape index (κ3) is 4.46. The fraction of sp³-hybridized carbons (Fsp3) is 0.286. The Morgan fingerprint density at radius 3 is 3.11 bits per heavy atom. The van der Waals surface area contributed by atoms with E-state index in [9.17, 15) is 4.79 Å². The number of ether oxygens (including phenoxy) is 1. The van der Waals surface area contributed by atoms with E-state index in [-0.39, 0.29) is 0 Å². The van der Waals surface area contributed by atoms with E-state index in [4.69, 9.17) is 4.74 Å². The van der Waals surface area contributed by atoms with Crippen LogP contribution < -0.4 is 5.32 Å². The number of aromatic amines is 1. The van der Waals surface area contributed by atoms with Crippen LogP contribution in [0.25, 0.3) is 0 Å². The summed E-state index contributed by atoms with van der Waals surface area (Å²) in [6.45, 7) is 2.36. The summed E-state index contributed by atoms with van der Waals surface area (Å²) in [5, 5.41) is 2.70. The summed E-state index contributed by atoms with van der Waals surface area (Å²) >= 11 is 0. The fourth-order valence-corrected chi connectivity index (χ4v) is 1.73. The smallest absolute Gasteiger partial charge is 0.411 e. The van der Waals surface area contributed by atoms with Gasteiger partial charge >= 0.3 is 6.09 Å². The van der Waals surface area contributed by atoms with Gasteiger partial charge in [0, 0.05) is 17.6 Å². The maximum Gasteiger partial charge on any atom is 0.411 e. The van der Waals surface area contributed by atoms with E-state index in [1.807, 2.05) is 31.2 Å². The molecule has 1 aromatic carbocycles. The number of rotatable bonds is 5. The minimum absolute atomic E-state index is 0.386. The molecule has 1 aromatic heterocycles. The lowest BCUT2D eigenvalue weighted by atomic mass is 10.2. The first-order chi connectivity index (χ1) is 9.24. The number of nitrogens with zero attached hydrogens (tertiary/aromatic N) is 1. The molecule has 0 bridgehead atoms. The highest BCUT2D eigenvalue weighted by Gasteiger charge is 2.03. The van der Waals surface area contributed by atoms with Crippen molar-refractivity contribution in [2.75, 3.05) is 11.9 Å². The van der Waals surface area contributed by atoms with Gasteiger partial charge in [-0.3, -0.25) is 5.32 Å². The molecule has 0 radical (unpaired) electrons. The Morgan fingerprint density at radius 1 is 1.47 bits per heavy atom. The van der Waals surface area contributed by atoms with Gasteiger partial charge in [0.15, 0.2) is 0 Å². The van der Waals surface area contributed by atoms with Gasteiger partial charge in [-0.2, -0.15) is 0 Å². The molecule has 5 nitrogen and oxygen atoms in total. The van der Waals surface area contributed by atoms with E-state index < -0.39 is 6.09 Å². The third-order valence-corrected chi connectivity index (χ3v) is 2.64. The van der Waals surface area contributed by atoms with Crippen LogP contribution in [0.15, 0.2) is 36.8 Å². The van der Waals surface area contributed by atoms with Crippen LogP contribution in [0.5, 0.6) is 0 Å². The third-order valence-electron chi connectivity index (χ3n) is 2.64. The lowest BCUT2D eigenvalue weighted by Gasteiger charge is -2.07.